The third-order valence-corrected chi connectivity index (χ3v) is 2.72. The van der Waals surface area contributed by atoms with Crippen LogP contribution in [0.5, 0.6) is 0 Å². The molecule has 1 saturated heterocycles. The Hall–Kier alpha value is -1.63. The molecule has 1 aliphatic rings. The van der Waals surface area contributed by atoms with Gasteiger partial charge in [0.15, 0.2) is 5.69 Å². The fourth-order valence-corrected chi connectivity index (χ4v) is 1.85. The Labute approximate surface area is 89.6 Å². The van der Waals surface area contributed by atoms with Gasteiger partial charge in [-0.3, -0.25) is 0 Å². The van der Waals surface area contributed by atoms with Crippen molar-refractivity contribution in [2.24, 2.45) is 0 Å². The maximum Gasteiger partial charge on any atom is 0.161 e. The molecule has 0 radical (unpaired) electrons. The van der Waals surface area contributed by atoms with Gasteiger partial charge in [0.05, 0.1) is 11.9 Å². The molecule has 0 spiro atoms. The number of aromatic nitrogens is 2. The molecule has 0 aliphatic carbocycles. The van der Waals surface area contributed by atoms with E-state index < -0.39 is 0 Å². The van der Waals surface area contributed by atoms with Gasteiger partial charge in [-0.25, -0.2) is 9.97 Å². The molecule has 15 heavy (non-hydrogen) atoms. The SMILES string of the molecule is Cc1nc(N2CCCCC2)cnc1C#N. The van der Waals surface area contributed by atoms with E-state index in [1.54, 1.807) is 6.20 Å². The van der Waals surface area contributed by atoms with Gasteiger partial charge in [-0.05, 0) is 26.2 Å². The molecule has 2 rings (SSSR count). The molecule has 4 nitrogen and oxygen atoms in total. The molecule has 1 fully saturated rings. The van der Waals surface area contributed by atoms with Gasteiger partial charge >= 0.3 is 0 Å². The minimum atomic E-state index is 0.427. The van der Waals surface area contributed by atoms with E-state index in [-0.39, 0.29) is 0 Å². The summed E-state index contributed by atoms with van der Waals surface area (Å²) in [7, 11) is 0. The Kier molecular flexibility index (Phi) is 2.82. The van der Waals surface area contributed by atoms with Crippen molar-refractivity contribution in [1.29, 1.82) is 5.26 Å². The Morgan fingerprint density at radius 1 is 1.33 bits per heavy atom. The number of piperidine rings is 1. The van der Waals surface area contributed by atoms with E-state index >= 15 is 0 Å². The van der Waals surface area contributed by atoms with Crippen LogP contribution in [-0.4, -0.2) is 23.1 Å². The molecule has 1 aliphatic heterocycles. The molecule has 0 atom stereocenters. The quantitative estimate of drug-likeness (QED) is 0.694. The first kappa shape index (κ1) is 9.91. The van der Waals surface area contributed by atoms with Crippen LogP contribution in [-0.2, 0) is 0 Å². The zero-order chi connectivity index (χ0) is 10.7. The molecule has 0 unspecified atom stereocenters. The topological polar surface area (TPSA) is 52.8 Å². The Morgan fingerprint density at radius 2 is 2.07 bits per heavy atom. The number of aryl methyl sites for hydroxylation is 1. The molecule has 0 N–H and O–H groups in total. The highest BCUT2D eigenvalue weighted by molar-refractivity contribution is 5.40. The predicted octanol–water partition coefficient (Wildman–Crippen LogP) is 1.65. The zero-order valence-corrected chi connectivity index (χ0v) is 8.90. The van der Waals surface area contributed by atoms with Crippen LogP contribution in [0, 0.1) is 18.3 Å². The number of rotatable bonds is 1. The zero-order valence-electron chi connectivity index (χ0n) is 8.90. The van der Waals surface area contributed by atoms with Crippen molar-refractivity contribution >= 4 is 5.82 Å². The molecule has 0 bridgehead atoms. The summed E-state index contributed by atoms with van der Waals surface area (Å²) in [5.41, 5.74) is 1.15. The maximum atomic E-state index is 8.75. The van der Waals surface area contributed by atoms with Crippen molar-refractivity contribution in [1.82, 2.24) is 9.97 Å². The second-order valence-electron chi connectivity index (χ2n) is 3.82. The van der Waals surface area contributed by atoms with Crippen LogP contribution in [0.25, 0.3) is 0 Å². The summed E-state index contributed by atoms with van der Waals surface area (Å²) < 4.78 is 0. The summed E-state index contributed by atoms with van der Waals surface area (Å²) in [6.45, 7) is 3.94. The van der Waals surface area contributed by atoms with Gasteiger partial charge in [-0.15, -0.1) is 0 Å². The fraction of sp³-hybridized carbons (Fsp3) is 0.545. The first-order valence-corrected chi connectivity index (χ1v) is 5.30. The summed E-state index contributed by atoms with van der Waals surface area (Å²) >= 11 is 0. The van der Waals surface area contributed by atoms with Gasteiger partial charge in [0, 0.05) is 13.1 Å². The normalized spacial score (nSPS) is 16.1. The number of hydrogen-bond acceptors (Lipinski definition) is 4. The monoisotopic (exact) mass is 202 g/mol. The lowest BCUT2D eigenvalue weighted by Crippen LogP contribution is -2.30. The van der Waals surface area contributed by atoms with Crippen LogP contribution in [0.3, 0.4) is 0 Å². The maximum absolute atomic E-state index is 8.75. The average molecular weight is 202 g/mol. The summed E-state index contributed by atoms with van der Waals surface area (Å²) in [6, 6.07) is 2.03. The van der Waals surface area contributed by atoms with Crippen molar-refractivity contribution in [2.45, 2.75) is 26.2 Å². The second-order valence-corrected chi connectivity index (χ2v) is 3.82. The van der Waals surface area contributed by atoms with Gasteiger partial charge in [0.2, 0.25) is 0 Å². The lowest BCUT2D eigenvalue weighted by atomic mass is 10.1. The van der Waals surface area contributed by atoms with Crippen molar-refractivity contribution in [3.8, 4) is 6.07 Å². The molecule has 0 amide bonds. The van der Waals surface area contributed by atoms with E-state index in [4.69, 9.17) is 5.26 Å². The molecule has 0 saturated carbocycles. The van der Waals surface area contributed by atoms with Gasteiger partial charge in [-0.1, -0.05) is 0 Å². The molecule has 1 aromatic heterocycles. The van der Waals surface area contributed by atoms with Crippen LogP contribution in [0.4, 0.5) is 5.82 Å². The van der Waals surface area contributed by atoms with Crippen molar-refractivity contribution in [3.63, 3.8) is 0 Å². The minimum Gasteiger partial charge on any atom is -0.355 e. The first-order valence-electron chi connectivity index (χ1n) is 5.30. The Morgan fingerprint density at radius 3 is 2.67 bits per heavy atom. The lowest BCUT2D eigenvalue weighted by Gasteiger charge is -2.27. The highest BCUT2D eigenvalue weighted by Crippen LogP contribution is 2.17. The van der Waals surface area contributed by atoms with Crippen molar-refractivity contribution in [3.05, 3.63) is 17.6 Å². The Bertz CT molecular complexity index is 388. The van der Waals surface area contributed by atoms with E-state index in [0.717, 1.165) is 24.6 Å². The summed E-state index contributed by atoms with van der Waals surface area (Å²) in [4.78, 5) is 10.8. The number of hydrogen-bond donors (Lipinski definition) is 0. The smallest absolute Gasteiger partial charge is 0.161 e. The van der Waals surface area contributed by atoms with Crippen LogP contribution in [0.1, 0.15) is 30.7 Å². The standard InChI is InChI=1S/C11H14N4/c1-9-10(7-12)13-8-11(14-9)15-5-3-2-4-6-15/h8H,2-6H2,1H3. The fourth-order valence-electron chi connectivity index (χ4n) is 1.85. The predicted molar refractivity (Wildman–Crippen MR) is 57.5 cm³/mol. The van der Waals surface area contributed by atoms with Crippen LogP contribution >= 0.6 is 0 Å². The second kappa shape index (κ2) is 4.26. The Balaban J connectivity index is 2.22. The highest BCUT2D eigenvalue weighted by Gasteiger charge is 2.13. The third kappa shape index (κ3) is 2.07. The van der Waals surface area contributed by atoms with Crippen molar-refractivity contribution in [2.75, 3.05) is 18.0 Å². The van der Waals surface area contributed by atoms with E-state index in [9.17, 15) is 0 Å². The van der Waals surface area contributed by atoms with Gasteiger partial charge in [0.1, 0.15) is 11.9 Å². The summed E-state index contributed by atoms with van der Waals surface area (Å²) in [6.07, 6.45) is 5.46. The van der Waals surface area contributed by atoms with Gasteiger partial charge in [-0.2, -0.15) is 5.26 Å². The number of nitriles is 1. The molecule has 4 heteroatoms. The number of nitrogens with zero attached hydrogens (tertiary/aromatic N) is 4. The first-order chi connectivity index (χ1) is 7.31. The number of anilines is 1. The van der Waals surface area contributed by atoms with Crippen LogP contribution in [0.15, 0.2) is 6.20 Å². The van der Waals surface area contributed by atoms with Gasteiger partial charge < -0.3 is 4.90 Å². The molecule has 78 valence electrons. The average Bonchev–Trinajstić information content (AvgIpc) is 2.30. The molecular weight excluding hydrogens is 188 g/mol. The van der Waals surface area contributed by atoms with Crippen LogP contribution in [0.2, 0.25) is 0 Å². The van der Waals surface area contributed by atoms with Crippen molar-refractivity contribution < 1.29 is 0 Å². The van der Waals surface area contributed by atoms with E-state index in [0.29, 0.717) is 5.69 Å². The van der Waals surface area contributed by atoms with E-state index in [2.05, 4.69) is 14.9 Å². The molecule has 0 aromatic carbocycles. The highest BCUT2D eigenvalue weighted by atomic mass is 15.2. The molecule has 2 heterocycles. The third-order valence-electron chi connectivity index (χ3n) is 2.72. The summed E-state index contributed by atoms with van der Waals surface area (Å²) in [5, 5.41) is 8.75. The van der Waals surface area contributed by atoms with Gasteiger partial charge in [0.25, 0.3) is 0 Å². The molecule has 1 aromatic rings. The largest absolute Gasteiger partial charge is 0.355 e. The van der Waals surface area contributed by atoms with E-state index in [1.807, 2.05) is 13.0 Å². The lowest BCUT2D eigenvalue weighted by molar-refractivity contribution is 0.572. The minimum absolute atomic E-state index is 0.427. The van der Waals surface area contributed by atoms with E-state index in [1.165, 1.54) is 19.3 Å². The molecular formula is C11H14N4. The summed E-state index contributed by atoms with van der Waals surface area (Å²) in [5.74, 6) is 0.909. The van der Waals surface area contributed by atoms with Crippen LogP contribution < -0.4 is 4.90 Å².